The third kappa shape index (κ3) is 4.31. The molecule has 1 amide bonds. The molecule has 0 aliphatic carbocycles. The van der Waals surface area contributed by atoms with Crippen molar-refractivity contribution in [3.8, 4) is 5.75 Å². The van der Waals surface area contributed by atoms with E-state index < -0.39 is 15.9 Å². The first-order valence-electron chi connectivity index (χ1n) is 8.93. The zero-order valence-electron chi connectivity index (χ0n) is 15.5. The number of nitrogens with one attached hydrogen (secondary N) is 2. The number of benzene rings is 3. The monoisotopic (exact) mass is 425 g/mol. The van der Waals surface area contributed by atoms with Gasteiger partial charge >= 0.3 is 10.1 Å². The first-order chi connectivity index (χ1) is 14.4. The van der Waals surface area contributed by atoms with Crippen LogP contribution in [0.1, 0.15) is 5.69 Å². The summed E-state index contributed by atoms with van der Waals surface area (Å²) in [6, 6.07) is 18.0. The van der Waals surface area contributed by atoms with Crippen molar-refractivity contribution < 1.29 is 21.8 Å². The summed E-state index contributed by atoms with van der Waals surface area (Å²) in [6.45, 7) is 0. The zero-order valence-corrected chi connectivity index (χ0v) is 16.3. The fourth-order valence-electron chi connectivity index (χ4n) is 2.91. The summed E-state index contributed by atoms with van der Waals surface area (Å²) >= 11 is 0. The summed E-state index contributed by atoms with van der Waals surface area (Å²) < 4.78 is 43.5. The second kappa shape index (κ2) is 7.96. The number of anilines is 1. The van der Waals surface area contributed by atoms with Crippen LogP contribution in [-0.2, 0) is 21.3 Å². The lowest BCUT2D eigenvalue weighted by Crippen LogP contribution is -2.14. The number of hydrogen-bond acceptors (Lipinski definition) is 5. The number of rotatable bonds is 6. The van der Waals surface area contributed by atoms with Gasteiger partial charge in [-0.3, -0.25) is 9.89 Å². The van der Waals surface area contributed by atoms with Crippen LogP contribution < -0.4 is 9.50 Å². The Hall–Kier alpha value is -3.72. The lowest BCUT2D eigenvalue weighted by Gasteiger charge is -2.07. The lowest BCUT2D eigenvalue weighted by molar-refractivity contribution is -0.115. The minimum atomic E-state index is -4.20. The smallest absolute Gasteiger partial charge is 0.339 e. The van der Waals surface area contributed by atoms with Crippen molar-refractivity contribution in [1.29, 1.82) is 0 Å². The maximum Gasteiger partial charge on any atom is 0.339 e. The van der Waals surface area contributed by atoms with Crippen LogP contribution in [0.3, 0.4) is 0 Å². The Labute approximate surface area is 171 Å². The molecule has 1 heterocycles. The summed E-state index contributed by atoms with van der Waals surface area (Å²) in [4.78, 5) is 12.2. The Morgan fingerprint density at radius 2 is 1.83 bits per heavy atom. The van der Waals surface area contributed by atoms with Gasteiger partial charge in [-0.25, -0.2) is 4.39 Å². The predicted octanol–water partition coefficient (Wildman–Crippen LogP) is 3.65. The minimum Gasteiger partial charge on any atom is -0.379 e. The van der Waals surface area contributed by atoms with Crippen molar-refractivity contribution in [2.75, 3.05) is 5.32 Å². The number of amides is 1. The van der Waals surface area contributed by atoms with Crippen molar-refractivity contribution in [3.63, 3.8) is 0 Å². The first kappa shape index (κ1) is 19.6. The molecule has 1 aromatic heterocycles. The molecule has 0 radical (unpaired) electrons. The molecule has 4 rings (SSSR count). The Morgan fingerprint density at radius 3 is 2.60 bits per heavy atom. The van der Waals surface area contributed by atoms with Gasteiger partial charge in [-0.05, 0) is 42.5 Å². The molecule has 0 aliphatic rings. The Balaban J connectivity index is 1.58. The van der Waals surface area contributed by atoms with Gasteiger partial charge in [0.05, 0.1) is 17.6 Å². The standard InChI is InChI=1S/C21H16FN3O4S/c22-14-5-4-8-16(11-14)29-30(27,28)17-9-10-19-18(12-17)20(25-24-19)13-21(26)23-15-6-2-1-3-7-15/h1-12H,13H2,(H,23,26)(H,24,25). The number of aromatic nitrogens is 2. The maximum absolute atomic E-state index is 13.3. The third-order valence-electron chi connectivity index (χ3n) is 4.29. The van der Waals surface area contributed by atoms with Crippen LogP contribution in [0.4, 0.5) is 10.1 Å². The molecular weight excluding hydrogens is 409 g/mol. The van der Waals surface area contributed by atoms with Gasteiger partial charge in [-0.1, -0.05) is 24.3 Å². The molecule has 7 nitrogen and oxygen atoms in total. The first-order valence-corrected chi connectivity index (χ1v) is 10.3. The molecule has 0 bridgehead atoms. The van der Waals surface area contributed by atoms with Crippen LogP contribution in [0, 0.1) is 5.82 Å². The van der Waals surface area contributed by atoms with Gasteiger partial charge in [0.2, 0.25) is 5.91 Å². The molecule has 9 heteroatoms. The van der Waals surface area contributed by atoms with Crippen molar-refractivity contribution in [2.45, 2.75) is 11.3 Å². The highest BCUT2D eigenvalue weighted by molar-refractivity contribution is 7.87. The van der Waals surface area contributed by atoms with Crippen LogP contribution in [0.15, 0.2) is 77.7 Å². The van der Waals surface area contributed by atoms with E-state index in [0.29, 0.717) is 22.3 Å². The third-order valence-corrected chi connectivity index (χ3v) is 5.53. The number of hydrogen-bond donors (Lipinski definition) is 2. The molecule has 3 aromatic carbocycles. The van der Waals surface area contributed by atoms with Crippen LogP contribution >= 0.6 is 0 Å². The quantitative estimate of drug-likeness (QED) is 0.459. The summed E-state index contributed by atoms with van der Waals surface area (Å²) in [5.74, 6) is -1.03. The summed E-state index contributed by atoms with van der Waals surface area (Å²) in [5.41, 5.74) is 1.61. The van der Waals surface area contributed by atoms with E-state index in [0.717, 1.165) is 6.07 Å². The fraction of sp³-hybridized carbons (Fsp3) is 0.0476. The Bertz CT molecular complexity index is 1320. The van der Waals surface area contributed by atoms with E-state index in [2.05, 4.69) is 15.5 Å². The SMILES string of the molecule is O=C(Cc1[nH]nc2ccc(S(=O)(=O)Oc3cccc(F)c3)cc12)Nc1ccccc1. The van der Waals surface area contributed by atoms with Gasteiger partial charge in [0.1, 0.15) is 16.5 Å². The highest BCUT2D eigenvalue weighted by Crippen LogP contribution is 2.24. The number of halogens is 1. The number of nitrogens with zero attached hydrogens (tertiary/aromatic N) is 1. The minimum absolute atomic E-state index is 0.0281. The predicted molar refractivity (Wildman–Crippen MR) is 109 cm³/mol. The molecule has 0 aliphatic heterocycles. The van der Waals surface area contributed by atoms with Crippen molar-refractivity contribution in [1.82, 2.24) is 10.2 Å². The summed E-state index contributed by atoms with van der Waals surface area (Å²) in [6.07, 6.45) is -0.0281. The van der Waals surface area contributed by atoms with Gasteiger partial charge in [-0.15, -0.1) is 0 Å². The number of carbonyl (C=O) groups is 1. The highest BCUT2D eigenvalue weighted by atomic mass is 32.2. The van der Waals surface area contributed by atoms with E-state index in [1.807, 2.05) is 6.07 Å². The molecule has 152 valence electrons. The Morgan fingerprint density at radius 1 is 1.03 bits per heavy atom. The fourth-order valence-corrected chi connectivity index (χ4v) is 3.86. The highest BCUT2D eigenvalue weighted by Gasteiger charge is 2.20. The van der Waals surface area contributed by atoms with Crippen molar-refractivity contribution in [3.05, 3.63) is 84.3 Å². The van der Waals surface area contributed by atoms with E-state index in [-0.39, 0.29) is 23.0 Å². The zero-order chi connectivity index (χ0) is 21.1. The van der Waals surface area contributed by atoms with Gasteiger partial charge in [0.25, 0.3) is 0 Å². The van der Waals surface area contributed by atoms with Gasteiger partial charge in [-0.2, -0.15) is 13.5 Å². The largest absolute Gasteiger partial charge is 0.379 e. The van der Waals surface area contributed by atoms with Crippen molar-refractivity contribution >= 4 is 32.6 Å². The number of para-hydroxylation sites is 1. The molecule has 0 saturated heterocycles. The van der Waals surface area contributed by atoms with E-state index in [1.54, 1.807) is 24.3 Å². The van der Waals surface area contributed by atoms with Crippen molar-refractivity contribution in [2.24, 2.45) is 0 Å². The molecule has 0 spiro atoms. The molecule has 4 aromatic rings. The molecular formula is C21H16FN3O4S. The molecule has 0 saturated carbocycles. The second-order valence-electron chi connectivity index (χ2n) is 6.47. The number of carbonyl (C=O) groups excluding carboxylic acids is 1. The number of fused-ring (bicyclic) bond motifs is 1. The van der Waals surface area contributed by atoms with Gasteiger partial charge in [0, 0.05) is 17.1 Å². The molecule has 0 unspecified atom stereocenters. The van der Waals surface area contributed by atoms with E-state index in [9.17, 15) is 17.6 Å². The lowest BCUT2D eigenvalue weighted by atomic mass is 10.1. The summed E-state index contributed by atoms with van der Waals surface area (Å²) in [5, 5.41) is 10.1. The normalized spacial score (nSPS) is 11.4. The van der Waals surface area contributed by atoms with Crippen LogP contribution in [0.2, 0.25) is 0 Å². The maximum atomic E-state index is 13.3. The topological polar surface area (TPSA) is 101 Å². The van der Waals surface area contributed by atoms with Crippen LogP contribution in [0.5, 0.6) is 5.75 Å². The molecule has 30 heavy (non-hydrogen) atoms. The second-order valence-corrected chi connectivity index (χ2v) is 8.01. The van der Waals surface area contributed by atoms with Crippen LogP contribution in [0.25, 0.3) is 10.9 Å². The van der Waals surface area contributed by atoms with Gasteiger partial charge < -0.3 is 9.50 Å². The number of H-pyrrole nitrogens is 1. The average Bonchev–Trinajstić information content (AvgIpc) is 3.10. The van der Waals surface area contributed by atoms with E-state index >= 15 is 0 Å². The average molecular weight is 425 g/mol. The number of aromatic amines is 1. The van der Waals surface area contributed by atoms with E-state index in [1.165, 1.54) is 36.4 Å². The van der Waals surface area contributed by atoms with Gasteiger partial charge in [0.15, 0.2) is 0 Å². The van der Waals surface area contributed by atoms with Crippen LogP contribution in [-0.4, -0.2) is 24.5 Å². The Kier molecular flexibility index (Phi) is 5.20. The molecule has 0 fully saturated rings. The van der Waals surface area contributed by atoms with E-state index in [4.69, 9.17) is 4.18 Å². The summed E-state index contributed by atoms with van der Waals surface area (Å²) in [7, 11) is -4.20. The molecule has 2 N–H and O–H groups in total. The molecule has 0 atom stereocenters.